The highest BCUT2D eigenvalue weighted by Gasteiger charge is 2.01. The van der Waals surface area contributed by atoms with Gasteiger partial charge in [0.2, 0.25) is 0 Å². The summed E-state index contributed by atoms with van der Waals surface area (Å²) in [6.45, 7) is 0.673. The number of carbonyl (C=O) groups is 1. The number of carbonyl (C=O) groups excluding carboxylic acids is 1. The van der Waals surface area contributed by atoms with Crippen LogP contribution in [0.5, 0.6) is 11.5 Å². The number of alkyl carbamates (subject to hydrolysis) is 1. The Kier molecular flexibility index (Phi) is 6.06. The first kappa shape index (κ1) is 16.4. The van der Waals surface area contributed by atoms with Crippen LogP contribution in [-0.4, -0.2) is 22.9 Å². The maximum Gasteiger partial charge on any atom is 0.407 e. The zero-order chi connectivity index (χ0) is 16.5. The van der Waals surface area contributed by atoms with Gasteiger partial charge in [-0.1, -0.05) is 42.5 Å². The van der Waals surface area contributed by atoms with E-state index in [1.54, 1.807) is 12.1 Å². The minimum Gasteiger partial charge on any atom is -0.508 e. The fourth-order valence-corrected chi connectivity index (χ4v) is 1.92. The van der Waals surface area contributed by atoms with Gasteiger partial charge in [0.05, 0.1) is 0 Å². The molecule has 0 heterocycles. The van der Waals surface area contributed by atoms with E-state index in [9.17, 15) is 15.0 Å². The second kappa shape index (κ2) is 8.48. The summed E-state index contributed by atoms with van der Waals surface area (Å²) in [6, 6.07) is 13.8. The van der Waals surface area contributed by atoms with Crippen LogP contribution >= 0.6 is 0 Å². The monoisotopic (exact) mass is 313 g/mol. The first-order valence-electron chi connectivity index (χ1n) is 7.28. The van der Waals surface area contributed by atoms with Crippen LogP contribution < -0.4 is 5.32 Å². The van der Waals surface area contributed by atoms with Crippen molar-refractivity contribution >= 4 is 12.2 Å². The van der Waals surface area contributed by atoms with Crippen molar-refractivity contribution in [2.45, 2.75) is 13.0 Å². The lowest BCUT2D eigenvalue weighted by Crippen LogP contribution is -2.24. The predicted molar refractivity (Wildman–Crippen MR) is 88.1 cm³/mol. The fraction of sp³-hybridized carbons (Fsp3) is 0.167. The van der Waals surface area contributed by atoms with E-state index in [0.717, 1.165) is 5.56 Å². The third kappa shape index (κ3) is 5.74. The highest BCUT2D eigenvalue weighted by atomic mass is 16.5. The van der Waals surface area contributed by atoms with Gasteiger partial charge < -0.3 is 20.3 Å². The summed E-state index contributed by atoms with van der Waals surface area (Å²) in [5, 5.41) is 21.5. The quantitative estimate of drug-likeness (QED) is 0.714. The van der Waals surface area contributed by atoms with Crippen LogP contribution in [0.4, 0.5) is 4.79 Å². The topological polar surface area (TPSA) is 78.8 Å². The summed E-state index contributed by atoms with van der Waals surface area (Å²) in [6.07, 6.45) is 3.69. The smallest absolute Gasteiger partial charge is 0.407 e. The zero-order valence-electron chi connectivity index (χ0n) is 12.6. The van der Waals surface area contributed by atoms with E-state index in [1.165, 1.54) is 12.1 Å². The first-order valence-corrected chi connectivity index (χ1v) is 7.28. The number of ether oxygens (including phenoxy) is 1. The molecule has 0 aromatic heterocycles. The van der Waals surface area contributed by atoms with Crippen LogP contribution in [0.2, 0.25) is 0 Å². The van der Waals surface area contributed by atoms with E-state index in [0.29, 0.717) is 18.5 Å². The van der Waals surface area contributed by atoms with Gasteiger partial charge in [-0.3, -0.25) is 0 Å². The molecule has 0 radical (unpaired) electrons. The Bertz CT molecular complexity index is 668. The number of aromatic hydroxyl groups is 2. The van der Waals surface area contributed by atoms with Gasteiger partial charge in [-0.05, 0) is 24.1 Å². The minimum absolute atomic E-state index is 0.0106. The molecule has 5 nitrogen and oxygen atoms in total. The van der Waals surface area contributed by atoms with Gasteiger partial charge in [0.15, 0.2) is 0 Å². The Morgan fingerprint density at radius 1 is 1.13 bits per heavy atom. The number of phenols is 2. The van der Waals surface area contributed by atoms with E-state index in [1.807, 2.05) is 36.4 Å². The summed E-state index contributed by atoms with van der Waals surface area (Å²) in [7, 11) is 0. The molecule has 0 saturated carbocycles. The van der Waals surface area contributed by atoms with Crippen molar-refractivity contribution in [1.29, 1.82) is 0 Å². The molecule has 3 N–H and O–H groups in total. The maximum absolute atomic E-state index is 11.5. The van der Waals surface area contributed by atoms with Gasteiger partial charge in [-0.2, -0.15) is 0 Å². The Balaban J connectivity index is 1.66. The van der Waals surface area contributed by atoms with Crippen LogP contribution in [-0.2, 0) is 11.3 Å². The molecule has 0 aliphatic carbocycles. The van der Waals surface area contributed by atoms with Gasteiger partial charge in [-0.25, -0.2) is 4.79 Å². The van der Waals surface area contributed by atoms with Crippen molar-refractivity contribution in [2.75, 3.05) is 6.54 Å². The molecule has 0 saturated heterocycles. The molecule has 1 amide bonds. The number of amides is 1. The molecule has 0 atom stereocenters. The van der Waals surface area contributed by atoms with Gasteiger partial charge in [0.25, 0.3) is 0 Å². The molecule has 2 aromatic carbocycles. The zero-order valence-corrected chi connectivity index (χ0v) is 12.6. The largest absolute Gasteiger partial charge is 0.508 e. The second-order valence-electron chi connectivity index (χ2n) is 4.92. The Morgan fingerprint density at radius 3 is 2.65 bits per heavy atom. The molecule has 0 unspecified atom stereocenters. The molecule has 23 heavy (non-hydrogen) atoms. The third-order valence-corrected chi connectivity index (χ3v) is 3.10. The highest BCUT2D eigenvalue weighted by molar-refractivity contribution is 5.67. The average molecular weight is 313 g/mol. The molecule has 0 fully saturated rings. The lowest BCUT2D eigenvalue weighted by atomic mass is 10.1. The van der Waals surface area contributed by atoms with Gasteiger partial charge in [0.1, 0.15) is 18.1 Å². The Hall–Kier alpha value is -2.95. The van der Waals surface area contributed by atoms with Crippen LogP contribution in [0.25, 0.3) is 6.08 Å². The Morgan fingerprint density at radius 2 is 1.91 bits per heavy atom. The first-order chi connectivity index (χ1) is 11.1. The van der Waals surface area contributed by atoms with E-state index in [4.69, 9.17) is 4.74 Å². The second-order valence-corrected chi connectivity index (χ2v) is 4.92. The predicted octanol–water partition coefficient (Wildman–Crippen LogP) is 3.43. The van der Waals surface area contributed by atoms with Gasteiger partial charge in [0, 0.05) is 18.2 Å². The van der Waals surface area contributed by atoms with E-state index in [-0.39, 0.29) is 18.1 Å². The number of hydrogen-bond donors (Lipinski definition) is 3. The number of rotatable bonds is 6. The van der Waals surface area contributed by atoms with Crippen LogP contribution in [0.15, 0.2) is 54.6 Å². The summed E-state index contributed by atoms with van der Waals surface area (Å²) in [4.78, 5) is 11.5. The summed E-state index contributed by atoms with van der Waals surface area (Å²) in [5.41, 5.74) is 1.54. The highest BCUT2D eigenvalue weighted by Crippen LogP contribution is 2.23. The molecule has 120 valence electrons. The number of nitrogens with one attached hydrogen (secondary N) is 1. The molecule has 0 bridgehead atoms. The van der Waals surface area contributed by atoms with Crippen molar-refractivity contribution in [3.63, 3.8) is 0 Å². The van der Waals surface area contributed by atoms with Crippen molar-refractivity contribution in [3.8, 4) is 11.5 Å². The lowest BCUT2D eigenvalue weighted by molar-refractivity contribution is 0.140. The van der Waals surface area contributed by atoms with Gasteiger partial charge in [-0.15, -0.1) is 0 Å². The van der Waals surface area contributed by atoms with E-state index in [2.05, 4.69) is 5.32 Å². The molecule has 0 aliphatic heterocycles. The van der Waals surface area contributed by atoms with Crippen LogP contribution in [0, 0.1) is 0 Å². The standard InChI is InChI=1S/C18H19NO4/c20-16-10-9-15(17(21)12-16)8-4-5-11-19-18(22)23-13-14-6-2-1-3-7-14/h1-4,6-10,12,20-21H,5,11,13H2,(H,19,22). The fourth-order valence-electron chi connectivity index (χ4n) is 1.92. The molecule has 2 aromatic rings. The number of hydrogen-bond acceptors (Lipinski definition) is 4. The molecule has 5 heteroatoms. The normalized spacial score (nSPS) is 10.6. The summed E-state index contributed by atoms with van der Waals surface area (Å²) < 4.78 is 5.08. The van der Waals surface area contributed by atoms with Crippen molar-refractivity contribution < 1.29 is 19.7 Å². The summed E-state index contributed by atoms with van der Waals surface area (Å²) in [5.74, 6) is 0.0268. The lowest BCUT2D eigenvalue weighted by Gasteiger charge is -2.06. The molecule has 0 spiro atoms. The van der Waals surface area contributed by atoms with Crippen molar-refractivity contribution in [1.82, 2.24) is 5.32 Å². The van der Waals surface area contributed by atoms with E-state index < -0.39 is 6.09 Å². The Labute approximate surface area is 134 Å². The molecule has 2 rings (SSSR count). The minimum atomic E-state index is -0.463. The molecular formula is C18H19NO4. The average Bonchev–Trinajstić information content (AvgIpc) is 2.55. The van der Waals surface area contributed by atoms with Gasteiger partial charge >= 0.3 is 6.09 Å². The summed E-state index contributed by atoms with van der Waals surface area (Å²) >= 11 is 0. The number of phenolic OH excluding ortho intramolecular Hbond substituents is 2. The van der Waals surface area contributed by atoms with Crippen molar-refractivity contribution in [2.24, 2.45) is 0 Å². The van der Waals surface area contributed by atoms with Crippen LogP contribution in [0.1, 0.15) is 17.5 Å². The van der Waals surface area contributed by atoms with E-state index >= 15 is 0 Å². The molecular weight excluding hydrogens is 294 g/mol. The van der Waals surface area contributed by atoms with Crippen LogP contribution in [0.3, 0.4) is 0 Å². The maximum atomic E-state index is 11.5. The van der Waals surface area contributed by atoms with Crippen molar-refractivity contribution in [3.05, 3.63) is 65.7 Å². The number of benzene rings is 2. The third-order valence-electron chi connectivity index (χ3n) is 3.10. The SMILES string of the molecule is O=C(NCCC=Cc1ccc(O)cc1O)OCc1ccccc1. The molecule has 0 aliphatic rings.